The van der Waals surface area contributed by atoms with E-state index in [1.165, 1.54) is 6.07 Å². The molecule has 110 valence electrons. The van der Waals surface area contributed by atoms with Gasteiger partial charge >= 0.3 is 0 Å². The molecule has 0 heterocycles. The first-order chi connectivity index (χ1) is 9.97. The van der Waals surface area contributed by atoms with E-state index in [1.54, 1.807) is 0 Å². The van der Waals surface area contributed by atoms with E-state index in [1.807, 2.05) is 32.0 Å². The van der Waals surface area contributed by atoms with Crippen LogP contribution < -0.4 is 10.6 Å². The van der Waals surface area contributed by atoms with Gasteiger partial charge in [-0.25, -0.2) is 8.78 Å². The van der Waals surface area contributed by atoms with Crippen molar-refractivity contribution >= 4 is 17.3 Å². The van der Waals surface area contributed by atoms with Gasteiger partial charge in [-0.15, -0.1) is 0 Å². The van der Waals surface area contributed by atoms with Gasteiger partial charge in [0, 0.05) is 11.8 Å². The van der Waals surface area contributed by atoms with Crippen LogP contribution in [0.25, 0.3) is 0 Å². The van der Waals surface area contributed by atoms with Gasteiger partial charge < -0.3 is 10.6 Å². The van der Waals surface area contributed by atoms with Crippen molar-refractivity contribution in [3.05, 3.63) is 59.2 Å². The number of amides is 1. The molecule has 0 saturated heterocycles. The maximum absolute atomic E-state index is 13.4. The van der Waals surface area contributed by atoms with Crippen molar-refractivity contribution in [1.29, 1.82) is 0 Å². The summed E-state index contributed by atoms with van der Waals surface area (Å²) in [6.07, 6.45) is 0. The molecule has 0 spiro atoms. The van der Waals surface area contributed by atoms with Crippen molar-refractivity contribution in [2.75, 3.05) is 17.2 Å². The molecule has 0 bridgehead atoms. The smallest absolute Gasteiger partial charge is 0.243 e. The largest absolute Gasteiger partial charge is 0.376 e. The lowest BCUT2D eigenvalue weighted by Gasteiger charge is -2.12. The lowest BCUT2D eigenvalue weighted by molar-refractivity contribution is -0.114. The number of nitrogens with one attached hydrogen (secondary N) is 2. The maximum atomic E-state index is 13.4. The van der Waals surface area contributed by atoms with Crippen LogP contribution in [0.4, 0.5) is 20.2 Å². The Morgan fingerprint density at radius 3 is 2.38 bits per heavy atom. The average molecular weight is 290 g/mol. The highest BCUT2D eigenvalue weighted by Crippen LogP contribution is 2.19. The Labute approximate surface area is 122 Å². The van der Waals surface area contributed by atoms with Crippen molar-refractivity contribution in [1.82, 2.24) is 0 Å². The van der Waals surface area contributed by atoms with Crippen LogP contribution in [0.15, 0.2) is 36.4 Å². The minimum Gasteiger partial charge on any atom is -0.376 e. The third-order valence-electron chi connectivity index (χ3n) is 3.11. The number of rotatable bonds is 4. The summed E-state index contributed by atoms with van der Waals surface area (Å²) >= 11 is 0. The maximum Gasteiger partial charge on any atom is 0.243 e. The zero-order valence-electron chi connectivity index (χ0n) is 11.8. The number of anilines is 2. The molecule has 0 aliphatic rings. The van der Waals surface area contributed by atoms with E-state index in [0.29, 0.717) is 0 Å². The highest BCUT2D eigenvalue weighted by molar-refractivity contribution is 5.94. The van der Waals surface area contributed by atoms with E-state index in [-0.39, 0.29) is 12.2 Å². The van der Waals surface area contributed by atoms with Gasteiger partial charge in [-0.3, -0.25) is 4.79 Å². The molecule has 0 radical (unpaired) electrons. The van der Waals surface area contributed by atoms with Gasteiger partial charge in [0.25, 0.3) is 0 Å². The number of carbonyl (C=O) groups excluding carboxylic acids is 1. The van der Waals surface area contributed by atoms with E-state index in [9.17, 15) is 13.6 Å². The summed E-state index contributed by atoms with van der Waals surface area (Å²) in [6, 6.07) is 8.83. The molecule has 3 nitrogen and oxygen atoms in total. The van der Waals surface area contributed by atoms with Gasteiger partial charge in [0.2, 0.25) is 5.91 Å². The average Bonchev–Trinajstić information content (AvgIpc) is 2.41. The molecule has 2 aromatic carbocycles. The second kappa shape index (κ2) is 6.35. The summed E-state index contributed by atoms with van der Waals surface area (Å²) in [6.45, 7) is 3.88. The summed E-state index contributed by atoms with van der Waals surface area (Å²) in [5.74, 6) is -1.88. The number of halogens is 2. The van der Waals surface area contributed by atoms with Crippen LogP contribution in [-0.4, -0.2) is 12.5 Å². The van der Waals surface area contributed by atoms with Crippen LogP contribution in [0, 0.1) is 25.5 Å². The van der Waals surface area contributed by atoms with E-state index >= 15 is 0 Å². The van der Waals surface area contributed by atoms with E-state index in [0.717, 1.165) is 28.9 Å². The van der Waals surface area contributed by atoms with Gasteiger partial charge in [-0.1, -0.05) is 18.2 Å². The van der Waals surface area contributed by atoms with Crippen molar-refractivity contribution in [2.24, 2.45) is 0 Å². The predicted octanol–water partition coefficient (Wildman–Crippen LogP) is 3.63. The summed E-state index contributed by atoms with van der Waals surface area (Å²) in [4.78, 5) is 11.8. The molecule has 2 N–H and O–H groups in total. The lowest BCUT2D eigenvalue weighted by Crippen LogP contribution is -2.23. The van der Waals surface area contributed by atoms with Crippen molar-refractivity contribution in [3.8, 4) is 0 Å². The van der Waals surface area contributed by atoms with Crippen LogP contribution >= 0.6 is 0 Å². The summed E-state index contributed by atoms with van der Waals surface area (Å²) in [5.41, 5.74) is 2.89. The molecule has 0 aromatic heterocycles. The minimum atomic E-state index is -0.796. The highest BCUT2D eigenvalue weighted by atomic mass is 19.1. The SMILES string of the molecule is Cc1cccc(C)c1NCC(=O)Nc1ccc(F)cc1F. The molecule has 0 fully saturated rings. The fraction of sp³-hybridized carbons (Fsp3) is 0.188. The Bertz CT molecular complexity index is 651. The third-order valence-corrected chi connectivity index (χ3v) is 3.11. The minimum absolute atomic E-state index is 0.00249. The monoisotopic (exact) mass is 290 g/mol. The number of aryl methyl sites for hydroxylation is 2. The Balaban J connectivity index is 1.99. The van der Waals surface area contributed by atoms with Crippen LogP contribution in [-0.2, 0) is 4.79 Å². The summed E-state index contributed by atoms with van der Waals surface area (Å²) < 4.78 is 26.2. The molecule has 2 aromatic rings. The topological polar surface area (TPSA) is 41.1 Å². The molecule has 1 amide bonds. The van der Waals surface area contributed by atoms with Gasteiger partial charge in [-0.05, 0) is 37.1 Å². The Kier molecular flexibility index (Phi) is 4.52. The Morgan fingerprint density at radius 1 is 1.10 bits per heavy atom. The van der Waals surface area contributed by atoms with E-state index in [2.05, 4.69) is 10.6 Å². The first kappa shape index (κ1) is 15.0. The Hall–Kier alpha value is -2.43. The van der Waals surface area contributed by atoms with Gasteiger partial charge in [0.05, 0.1) is 12.2 Å². The molecule has 0 aliphatic carbocycles. The first-order valence-electron chi connectivity index (χ1n) is 6.52. The van der Waals surface area contributed by atoms with Crippen LogP contribution in [0.1, 0.15) is 11.1 Å². The highest BCUT2D eigenvalue weighted by Gasteiger charge is 2.09. The fourth-order valence-electron chi connectivity index (χ4n) is 2.05. The summed E-state index contributed by atoms with van der Waals surface area (Å²) in [7, 11) is 0. The normalized spacial score (nSPS) is 10.3. The number of hydrogen-bond donors (Lipinski definition) is 2. The zero-order valence-corrected chi connectivity index (χ0v) is 11.8. The Morgan fingerprint density at radius 2 is 1.76 bits per heavy atom. The van der Waals surface area contributed by atoms with Crippen molar-refractivity contribution in [2.45, 2.75) is 13.8 Å². The molecule has 0 atom stereocenters. The molecule has 0 saturated carbocycles. The lowest BCUT2D eigenvalue weighted by atomic mass is 10.1. The molecular formula is C16H16F2N2O. The second-order valence-electron chi connectivity index (χ2n) is 4.79. The van der Waals surface area contributed by atoms with Gasteiger partial charge in [0.15, 0.2) is 0 Å². The standard InChI is InChI=1S/C16H16F2N2O/c1-10-4-3-5-11(2)16(10)19-9-15(21)20-14-7-6-12(17)8-13(14)18/h3-8,19H,9H2,1-2H3,(H,20,21). The molecule has 0 aliphatic heterocycles. The molecule has 5 heteroatoms. The van der Waals surface area contributed by atoms with Crippen molar-refractivity contribution < 1.29 is 13.6 Å². The van der Waals surface area contributed by atoms with Crippen LogP contribution in [0.5, 0.6) is 0 Å². The zero-order chi connectivity index (χ0) is 15.4. The van der Waals surface area contributed by atoms with Crippen molar-refractivity contribution in [3.63, 3.8) is 0 Å². The number of carbonyl (C=O) groups is 1. The van der Waals surface area contributed by atoms with E-state index < -0.39 is 17.5 Å². The molecular weight excluding hydrogens is 274 g/mol. The molecule has 21 heavy (non-hydrogen) atoms. The van der Waals surface area contributed by atoms with Crippen LogP contribution in [0.2, 0.25) is 0 Å². The third kappa shape index (κ3) is 3.78. The van der Waals surface area contributed by atoms with E-state index in [4.69, 9.17) is 0 Å². The summed E-state index contributed by atoms with van der Waals surface area (Å²) in [5, 5.41) is 5.43. The molecule has 0 unspecified atom stereocenters. The number of hydrogen-bond acceptors (Lipinski definition) is 2. The molecule has 2 rings (SSSR count). The first-order valence-corrected chi connectivity index (χ1v) is 6.52. The number of para-hydroxylation sites is 1. The predicted molar refractivity (Wildman–Crippen MR) is 79.4 cm³/mol. The quantitative estimate of drug-likeness (QED) is 0.902. The van der Waals surface area contributed by atoms with Crippen LogP contribution in [0.3, 0.4) is 0 Å². The number of benzene rings is 2. The van der Waals surface area contributed by atoms with Gasteiger partial charge in [0.1, 0.15) is 11.6 Å². The second-order valence-corrected chi connectivity index (χ2v) is 4.79. The fourth-order valence-corrected chi connectivity index (χ4v) is 2.05. The van der Waals surface area contributed by atoms with Gasteiger partial charge in [-0.2, -0.15) is 0 Å².